The number of rotatable bonds is 9. The largest absolute Gasteiger partial charge is 0.493 e. The van der Waals surface area contributed by atoms with Crippen molar-refractivity contribution in [2.75, 3.05) is 13.7 Å². The molecule has 0 bridgehead atoms. The summed E-state index contributed by atoms with van der Waals surface area (Å²) in [7, 11) is 1.53. The molecule has 1 saturated carbocycles. The molecule has 6 nitrogen and oxygen atoms in total. The molecular formula is C17H23NO5. The molecule has 23 heavy (non-hydrogen) atoms. The van der Waals surface area contributed by atoms with Crippen LogP contribution in [0.4, 0.5) is 0 Å². The number of amides is 1. The van der Waals surface area contributed by atoms with E-state index in [9.17, 15) is 9.59 Å². The first-order valence-corrected chi connectivity index (χ1v) is 7.88. The fraction of sp³-hybridized carbons (Fsp3) is 0.529. The number of hydrogen-bond donors (Lipinski definition) is 2. The molecule has 6 heteroatoms. The molecule has 1 unspecified atom stereocenters. The fourth-order valence-electron chi connectivity index (χ4n) is 2.29. The summed E-state index contributed by atoms with van der Waals surface area (Å²) in [6.45, 7) is 2.59. The summed E-state index contributed by atoms with van der Waals surface area (Å²) in [5, 5.41) is 11.9. The van der Waals surface area contributed by atoms with E-state index in [2.05, 4.69) is 5.32 Å². The highest BCUT2D eigenvalue weighted by atomic mass is 16.5. The number of ether oxygens (including phenoxy) is 2. The van der Waals surface area contributed by atoms with Crippen molar-refractivity contribution in [3.63, 3.8) is 0 Å². The second-order valence-corrected chi connectivity index (χ2v) is 5.69. The van der Waals surface area contributed by atoms with Crippen molar-refractivity contribution in [2.45, 2.75) is 38.6 Å². The van der Waals surface area contributed by atoms with Gasteiger partial charge in [-0.15, -0.1) is 0 Å². The van der Waals surface area contributed by atoms with Gasteiger partial charge in [0.2, 0.25) is 5.91 Å². The molecule has 1 atom stereocenters. The maximum atomic E-state index is 12.0. The number of carbonyl (C=O) groups excluding carboxylic acids is 1. The molecule has 126 valence electrons. The Bertz CT molecular complexity index is 568. The number of carbonyl (C=O) groups is 2. The summed E-state index contributed by atoms with van der Waals surface area (Å²) >= 11 is 0. The number of nitrogens with one attached hydrogen (secondary N) is 1. The van der Waals surface area contributed by atoms with Gasteiger partial charge >= 0.3 is 5.97 Å². The zero-order valence-corrected chi connectivity index (χ0v) is 13.5. The Hall–Kier alpha value is -2.24. The molecular weight excluding hydrogens is 298 g/mol. The van der Waals surface area contributed by atoms with Gasteiger partial charge in [-0.2, -0.15) is 0 Å². The number of aliphatic carboxylic acids is 1. The van der Waals surface area contributed by atoms with Gasteiger partial charge in [0.25, 0.3) is 0 Å². The van der Waals surface area contributed by atoms with E-state index in [4.69, 9.17) is 14.6 Å². The number of methoxy groups -OCH3 is 1. The van der Waals surface area contributed by atoms with E-state index < -0.39 is 12.0 Å². The van der Waals surface area contributed by atoms with Crippen LogP contribution in [0.25, 0.3) is 0 Å². The highest BCUT2D eigenvalue weighted by molar-refractivity contribution is 5.82. The normalized spacial score (nSPS) is 14.9. The SMILES string of the molecule is CCCOc1ccc(C(CC(=O)O)NC(=O)C2CC2)cc1OC. The maximum Gasteiger partial charge on any atom is 0.305 e. The molecule has 1 aliphatic carbocycles. The van der Waals surface area contributed by atoms with Crippen molar-refractivity contribution in [2.24, 2.45) is 5.92 Å². The van der Waals surface area contributed by atoms with Gasteiger partial charge in [-0.3, -0.25) is 9.59 Å². The average Bonchev–Trinajstić information content (AvgIpc) is 3.36. The molecule has 1 amide bonds. The van der Waals surface area contributed by atoms with E-state index in [0.717, 1.165) is 19.3 Å². The predicted octanol–water partition coefficient (Wildman–Crippen LogP) is 2.53. The van der Waals surface area contributed by atoms with Crippen LogP contribution >= 0.6 is 0 Å². The van der Waals surface area contributed by atoms with Gasteiger partial charge in [-0.25, -0.2) is 0 Å². The van der Waals surface area contributed by atoms with E-state index >= 15 is 0 Å². The second kappa shape index (κ2) is 7.85. The van der Waals surface area contributed by atoms with Crippen LogP contribution in [-0.4, -0.2) is 30.7 Å². The molecule has 0 aliphatic heterocycles. The minimum atomic E-state index is -0.962. The summed E-state index contributed by atoms with van der Waals surface area (Å²) in [5.74, 6) is 0.131. The first kappa shape index (κ1) is 17.1. The van der Waals surface area contributed by atoms with Crippen molar-refractivity contribution in [3.05, 3.63) is 23.8 Å². The lowest BCUT2D eigenvalue weighted by atomic mass is 10.0. The first-order chi connectivity index (χ1) is 11.0. The fourth-order valence-corrected chi connectivity index (χ4v) is 2.29. The third kappa shape index (κ3) is 4.87. The van der Waals surface area contributed by atoms with Crippen molar-refractivity contribution in [1.82, 2.24) is 5.32 Å². The van der Waals surface area contributed by atoms with Crippen LogP contribution in [0.1, 0.15) is 44.2 Å². The summed E-state index contributed by atoms with van der Waals surface area (Å²) < 4.78 is 10.9. The lowest BCUT2D eigenvalue weighted by Crippen LogP contribution is -2.31. The average molecular weight is 321 g/mol. The highest BCUT2D eigenvalue weighted by Gasteiger charge is 2.32. The van der Waals surface area contributed by atoms with E-state index in [1.807, 2.05) is 6.92 Å². The summed E-state index contributed by atoms with van der Waals surface area (Å²) in [5.41, 5.74) is 0.696. The van der Waals surface area contributed by atoms with Gasteiger partial charge in [0.15, 0.2) is 11.5 Å². The van der Waals surface area contributed by atoms with E-state index in [-0.39, 0.29) is 18.2 Å². The van der Waals surface area contributed by atoms with E-state index in [1.165, 1.54) is 7.11 Å². The summed E-state index contributed by atoms with van der Waals surface area (Å²) in [4.78, 5) is 23.1. The lowest BCUT2D eigenvalue weighted by Gasteiger charge is -2.19. The van der Waals surface area contributed by atoms with Crippen LogP contribution in [0.5, 0.6) is 11.5 Å². The van der Waals surface area contributed by atoms with Crippen LogP contribution in [0, 0.1) is 5.92 Å². The number of benzene rings is 1. The van der Waals surface area contributed by atoms with Crippen LogP contribution in [-0.2, 0) is 9.59 Å². The van der Waals surface area contributed by atoms with Gasteiger partial charge in [-0.1, -0.05) is 13.0 Å². The molecule has 0 aromatic heterocycles. The van der Waals surface area contributed by atoms with Crippen LogP contribution in [0.3, 0.4) is 0 Å². The van der Waals surface area contributed by atoms with Crippen LogP contribution in [0.15, 0.2) is 18.2 Å². The smallest absolute Gasteiger partial charge is 0.305 e. The van der Waals surface area contributed by atoms with Crippen LogP contribution in [0.2, 0.25) is 0 Å². The highest BCUT2D eigenvalue weighted by Crippen LogP contribution is 2.33. The zero-order valence-electron chi connectivity index (χ0n) is 13.5. The molecule has 0 saturated heterocycles. The number of carboxylic acids is 1. The Labute approximate surface area is 135 Å². The molecule has 1 aliphatic rings. The minimum Gasteiger partial charge on any atom is -0.493 e. The molecule has 1 fully saturated rings. The van der Waals surface area contributed by atoms with Gasteiger partial charge < -0.3 is 19.9 Å². The zero-order chi connectivity index (χ0) is 16.8. The van der Waals surface area contributed by atoms with Crippen molar-refractivity contribution in [1.29, 1.82) is 0 Å². The predicted molar refractivity (Wildman–Crippen MR) is 84.6 cm³/mol. The van der Waals surface area contributed by atoms with E-state index in [0.29, 0.717) is 23.7 Å². The first-order valence-electron chi connectivity index (χ1n) is 7.88. The van der Waals surface area contributed by atoms with Crippen molar-refractivity contribution in [3.8, 4) is 11.5 Å². The Balaban J connectivity index is 2.18. The second-order valence-electron chi connectivity index (χ2n) is 5.69. The van der Waals surface area contributed by atoms with Gasteiger partial charge in [-0.05, 0) is 37.0 Å². The third-order valence-electron chi connectivity index (χ3n) is 3.70. The van der Waals surface area contributed by atoms with Crippen molar-refractivity contribution >= 4 is 11.9 Å². The maximum absolute atomic E-state index is 12.0. The molecule has 2 rings (SSSR count). The number of hydrogen-bond acceptors (Lipinski definition) is 4. The third-order valence-corrected chi connectivity index (χ3v) is 3.70. The number of carboxylic acid groups (broad SMARTS) is 1. The Morgan fingerprint density at radius 3 is 2.65 bits per heavy atom. The molecule has 0 radical (unpaired) electrons. The molecule has 0 heterocycles. The van der Waals surface area contributed by atoms with Gasteiger partial charge in [0.1, 0.15) is 0 Å². The topological polar surface area (TPSA) is 84.9 Å². The van der Waals surface area contributed by atoms with E-state index in [1.54, 1.807) is 18.2 Å². The minimum absolute atomic E-state index is 0.0281. The standard InChI is InChI=1S/C17H23NO5/c1-3-8-23-14-7-6-12(9-15(14)22-2)13(10-16(19)20)18-17(21)11-4-5-11/h6-7,9,11,13H,3-5,8,10H2,1-2H3,(H,18,21)(H,19,20). The molecule has 1 aromatic rings. The van der Waals surface area contributed by atoms with Crippen molar-refractivity contribution < 1.29 is 24.2 Å². The molecule has 0 spiro atoms. The molecule has 2 N–H and O–H groups in total. The lowest BCUT2D eigenvalue weighted by molar-refractivity contribution is -0.137. The Kier molecular flexibility index (Phi) is 5.84. The Morgan fingerprint density at radius 2 is 2.09 bits per heavy atom. The monoisotopic (exact) mass is 321 g/mol. The van der Waals surface area contributed by atoms with Gasteiger partial charge in [0, 0.05) is 5.92 Å². The molecule has 1 aromatic carbocycles. The van der Waals surface area contributed by atoms with Crippen LogP contribution < -0.4 is 14.8 Å². The quantitative estimate of drug-likeness (QED) is 0.730. The summed E-state index contributed by atoms with van der Waals surface area (Å²) in [6.07, 6.45) is 2.46. The van der Waals surface area contributed by atoms with Gasteiger partial charge in [0.05, 0.1) is 26.2 Å². The summed E-state index contributed by atoms with van der Waals surface area (Å²) in [6, 6.07) is 4.68. The Morgan fingerprint density at radius 1 is 1.35 bits per heavy atom.